The molecule has 0 heterocycles. The molecular weight excluding hydrogens is 472 g/mol. The molecule has 1 aliphatic carbocycles. The number of benzene rings is 2. The summed E-state index contributed by atoms with van der Waals surface area (Å²) >= 11 is 0. The van der Waals surface area contributed by atoms with E-state index in [0.29, 0.717) is 12.1 Å². The fourth-order valence-corrected chi connectivity index (χ4v) is 4.44. The molecule has 3 nitrogen and oxygen atoms in total. The van der Waals surface area contributed by atoms with Crippen molar-refractivity contribution in [1.82, 2.24) is 5.32 Å². The van der Waals surface area contributed by atoms with Crippen LogP contribution in [0.2, 0.25) is 0 Å². The lowest BCUT2D eigenvalue weighted by molar-refractivity contribution is -0.143. The van der Waals surface area contributed by atoms with E-state index < -0.39 is 40.8 Å². The summed E-state index contributed by atoms with van der Waals surface area (Å²) in [7, 11) is 0. The Morgan fingerprint density at radius 2 is 1.51 bits per heavy atom. The molecule has 0 spiro atoms. The van der Waals surface area contributed by atoms with Crippen molar-refractivity contribution in [3.63, 3.8) is 0 Å². The molecule has 1 atom stereocenters. The molecular formula is C26H25F6NO2. The second-order valence-corrected chi connectivity index (χ2v) is 8.73. The van der Waals surface area contributed by atoms with Gasteiger partial charge in [-0.2, -0.15) is 26.3 Å². The van der Waals surface area contributed by atoms with Crippen LogP contribution in [0.25, 0.3) is 0 Å². The molecule has 0 aliphatic heterocycles. The van der Waals surface area contributed by atoms with Crippen molar-refractivity contribution in [2.75, 3.05) is 0 Å². The van der Waals surface area contributed by atoms with Crippen LogP contribution < -0.4 is 5.32 Å². The maximum absolute atomic E-state index is 13.5. The van der Waals surface area contributed by atoms with E-state index in [2.05, 4.69) is 11.9 Å². The number of carbonyl (C=O) groups is 2. The summed E-state index contributed by atoms with van der Waals surface area (Å²) in [6.45, 7) is 3.56. The van der Waals surface area contributed by atoms with Crippen LogP contribution in [-0.4, -0.2) is 11.7 Å². The lowest BCUT2D eigenvalue weighted by Crippen LogP contribution is -2.49. The number of ketones is 1. The molecule has 1 unspecified atom stereocenters. The van der Waals surface area contributed by atoms with Gasteiger partial charge in [-0.3, -0.25) is 9.59 Å². The van der Waals surface area contributed by atoms with Crippen LogP contribution in [0.15, 0.2) is 61.2 Å². The minimum atomic E-state index is -5.02. The maximum Gasteiger partial charge on any atom is 0.416 e. The van der Waals surface area contributed by atoms with Gasteiger partial charge >= 0.3 is 12.4 Å². The van der Waals surface area contributed by atoms with E-state index in [1.165, 1.54) is 6.08 Å². The lowest BCUT2D eigenvalue weighted by atomic mass is 9.75. The van der Waals surface area contributed by atoms with E-state index in [0.717, 1.165) is 5.56 Å². The van der Waals surface area contributed by atoms with Gasteiger partial charge in [0.1, 0.15) is 5.78 Å². The quantitative estimate of drug-likeness (QED) is 0.333. The second-order valence-electron chi connectivity index (χ2n) is 8.73. The summed E-state index contributed by atoms with van der Waals surface area (Å²) < 4.78 is 80.6. The molecule has 0 bridgehead atoms. The number of carbonyl (C=O) groups excluding carboxylic acids is 2. The minimum absolute atomic E-state index is 0.0294. The van der Waals surface area contributed by atoms with Crippen LogP contribution in [0, 0.1) is 0 Å². The lowest BCUT2D eigenvalue weighted by Gasteiger charge is -2.39. The van der Waals surface area contributed by atoms with Crippen molar-refractivity contribution in [2.24, 2.45) is 0 Å². The Hall–Kier alpha value is -3.10. The third-order valence-electron chi connectivity index (χ3n) is 6.34. The van der Waals surface area contributed by atoms with E-state index in [4.69, 9.17) is 0 Å². The van der Waals surface area contributed by atoms with Gasteiger partial charge < -0.3 is 5.32 Å². The summed E-state index contributed by atoms with van der Waals surface area (Å²) in [5.41, 5.74) is -3.54. The Balaban J connectivity index is 2.05. The van der Waals surface area contributed by atoms with E-state index in [-0.39, 0.29) is 55.9 Å². The molecule has 1 amide bonds. The molecule has 1 N–H and O–H groups in total. The normalized spacial score (nSPS) is 17.0. The number of nitrogens with one attached hydrogen (secondary N) is 1. The zero-order valence-electron chi connectivity index (χ0n) is 18.8. The number of hydrogen-bond donors (Lipinski definition) is 1. The third kappa shape index (κ3) is 6.32. The van der Waals surface area contributed by atoms with Crippen molar-refractivity contribution in [3.8, 4) is 0 Å². The van der Waals surface area contributed by atoms with Crippen molar-refractivity contribution < 1.29 is 35.9 Å². The largest absolute Gasteiger partial charge is 0.416 e. The van der Waals surface area contributed by atoms with Gasteiger partial charge in [-0.15, -0.1) is 6.58 Å². The molecule has 0 aromatic heterocycles. The van der Waals surface area contributed by atoms with E-state index in [1.54, 1.807) is 30.3 Å². The predicted molar refractivity (Wildman–Crippen MR) is 118 cm³/mol. The molecule has 0 saturated heterocycles. The van der Waals surface area contributed by atoms with Crippen LogP contribution in [0.1, 0.15) is 66.7 Å². The Morgan fingerprint density at radius 3 is 2.00 bits per heavy atom. The molecule has 0 radical (unpaired) electrons. The zero-order chi connectivity index (χ0) is 25.9. The first-order chi connectivity index (χ1) is 16.4. The number of amides is 1. The Labute approximate surface area is 199 Å². The molecule has 1 saturated carbocycles. The highest BCUT2D eigenvalue weighted by atomic mass is 19.4. The standard InChI is InChI=1S/C26H25F6NO2/c1-2-3-9-22(17-14-19(25(27,28)29)16-20(15-17)26(30,31)32)23(35)33-24(12-10-21(34)11-13-24)18-7-5-4-6-8-18/h2,4-8,14-16,22H,1,3,9-13H2,(H,33,35). The van der Waals surface area contributed by atoms with E-state index >= 15 is 0 Å². The Kier molecular flexibility index (Phi) is 7.77. The van der Waals surface area contributed by atoms with Crippen molar-refractivity contribution in [3.05, 3.63) is 83.4 Å². The number of allylic oxidation sites excluding steroid dienone is 1. The van der Waals surface area contributed by atoms with Gasteiger partial charge in [0.25, 0.3) is 0 Å². The van der Waals surface area contributed by atoms with Crippen molar-refractivity contribution in [2.45, 2.75) is 62.3 Å². The number of halogens is 6. The minimum Gasteiger partial charge on any atom is -0.346 e. The Morgan fingerprint density at radius 1 is 0.971 bits per heavy atom. The zero-order valence-corrected chi connectivity index (χ0v) is 18.8. The predicted octanol–water partition coefficient (Wildman–Crippen LogP) is 6.93. The highest BCUT2D eigenvalue weighted by Crippen LogP contribution is 2.40. The highest BCUT2D eigenvalue weighted by Gasteiger charge is 2.41. The van der Waals surface area contributed by atoms with E-state index in [9.17, 15) is 35.9 Å². The van der Waals surface area contributed by atoms with Gasteiger partial charge in [-0.05, 0) is 55.0 Å². The number of hydrogen-bond acceptors (Lipinski definition) is 2. The van der Waals surface area contributed by atoms with E-state index in [1.807, 2.05) is 0 Å². The summed E-state index contributed by atoms with van der Waals surface area (Å²) in [6.07, 6.45) is -7.45. The molecule has 3 rings (SSSR count). The molecule has 188 valence electrons. The fraction of sp³-hybridized carbons (Fsp3) is 0.385. The first-order valence-corrected chi connectivity index (χ1v) is 11.2. The molecule has 2 aromatic carbocycles. The van der Waals surface area contributed by atoms with Crippen LogP contribution in [-0.2, 0) is 27.5 Å². The van der Waals surface area contributed by atoms with Crippen LogP contribution in [0.4, 0.5) is 26.3 Å². The summed E-state index contributed by atoms with van der Waals surface area (Å²) in [6, 6.07) is 10.1. The van der Waals surface area contributed by atoms with Gasteiger partial charge in [0, 0.05) is 12.8 Å². The Bertz CT molecular complexity index is 1030. The highest BCUT2D eigenvalue weighted by molar-refractivity contribution is 5.85. The summed E-state index contributed by atoms with van der Waals surface area (Å²) in [5, 5.41) is 2.91. The number of alkyl halides is 6. The molecule has 9 heteroatoms. The van der Waals surface area contributed by atoms with Gasteiger partial charge in [-0.25, -0.2) is 0 Å². The SMILES string of the molecule is C=CCCC(C(=O)NC1(c2ccccc2)CCC(=O)CC1)c1cc(C(F)(F)F)cc(C(F)(F)F)c1. The first kappa shape index (κ1) is 26.5. The van der Waals surface area contributed by atoms with Crippen LogP contribution in [0.3, 0.4) is 0 Å². The van der Waals surface area contributed by atoms with Gasteiger partial charge in [-0.1, -0.05) is 36.4 Å². The van der Waals surface area contributed by atoms with Crippen molar-refractivity contribution in [1.29, 1.82) is 0 Å². The summed E-state index contributed by atoms with van der Waals surface area (Å²) in [5.74, 6) is -1.95. The van der Waals surface area contributed by atoms with Gasteiger partial charge in [0.2, 0.25) is 5.91 Å². The molecule has 35 heavy (non-hydrogen) atoms. The molecule has 1 fully saturated rings. The summed E-state index contributed by atoms with van der Waals surface area (Å²) in [4.78, 5) is 25.4. The van der Waals surface area contributed by atoms with Crippen LogP contribution >= 0.6 is 0 Å². The topological polar surface area (TPSA) is 46.2 Å². The van der Waals surface area contributed by atoms with Gasteiger partial charge in [0.15, 0.2) is 0 Å². The average Bonchev–Trinajstić information content (AvgIpc) is 2.80. The third-order valence-corrected chi connectivity index (χ3v) is 6.34. The average molecular weight is 497 g/mol. The maximum atomic E-state index is 13.5. The smallest absolute Gasteiger partial charge is 0.346 e. The first-order valence-electron chi connectivity index (χ1n) is 11.2. The fourth-order valence-electron chi connectivity index (χ4n) is 4.44. The van der Waals surface area contributed by atoms with Crippen LogP contribution in [0.5, 0.6) is 0 Å². The van der Waals surface area contributed by atoms with Gasteiger partial charge in [0.05, 0.1) is 22.6 Å². The van der Waals surface area contributed by atoms with Crippen molar-refractivity contribution >= 4 is 11.7 Å². The number of Topliss-reactive ketones (excluding diaryl/α,β-unsaturated/α-hetero) is 1. The second kappa shape index (κ2) is 10.3. The molecule has 2 aromatic rings. The number of rotatable bonds is 7. The monoisotopic (exact) mass is 497 g/mol. The molecule has 1 aliphatic rings.